The molecule has 7 heteroatoms. The molecule has 2 aromatic rings. The van der Waals surface area contributed by atoms with E-state index in [2.05, 4.69) is 19.6 Å². The van der Waals surface area contributed by atoms with Gasteiger partial charge in [0.2, 0.25) is 0 Å². The van der Waals surface area contributed by atoms with Gasteiger partial charge in [-0.2, -0.15) is 9.37 Å². The van der Waals surface area contributed by atoms with Crippen LogP contribution < -0.4 is 4.74 Å². The van der Waals surface area contributed by atoms with E-state index in [-0.39, 0.29) is 12.6 Å². The number of ether oxygens (including phenoxy) is 2. The second-order valence-electron chi connectivity index (χ2n) is 3.49. The fraction of sp³-hybridized carbons (Fsp3) is 0.250. The van der Waals surface area contributed by atoms with Crippen molar-refractivity contribution < 1.29 is 18.7 Å². The molecule has 0 aliphatic carbocycles. The molecule has 0 aliphatic rings. The summed E-state index contributed by atoms with van der Waals surface area (Å²) in [6.07, 6.45) is -0.866. The Bertz CT molecular complexity index is 544. The second-order valence-corrected chi connectivity index (χ2v) is 3.49. The zero-order valence-electron chi connectivity index (χ0n) is 10.2. The van der Waals surface area contributed by atoms with Crippen molar-refractivity contribution >= 4 is 5.97 Å². The van der Waals surface area contributed by atoms with Crippen molar-refractivity contribution in [3.8, 4) is 11.7 Å². The number of benzene rings is 1. The smallest absolute Gasteiger partial charge is 0.381 e. The lowest BCUT2D eigenvalue weighted by molar-refractivity contribution is -0.160. The molecule has 0 amide bonds. The summed E-state index contributed by atoms with van der Waals surface area (Å²) < 4.78 is 23.8. The molecular weight excluding hydrogens is 253 g/mol. The van der Waals surface area contributed by atoms with Gasteiger partial charge in [-0.05, 0) is 19.1 Å². The maximum Gasteiger partial charge on any atom is 0.381 e. The molecule has 0 saturated heterocycles. The van der Waals surface area contributed by atoms with Gasteiger partial charge in [-0.15, -0.1) is 5.10 Å². The van der Waals surface area contributed by atoms with Crippen LogP contribution in [0.5, 0.6) is 6.01 Å². The normalized spacial score (nSPS) is 11.9. The number of rotatable bonds is 5. The van der Waals surface area contributed by atoms with Gasteiger partial charge in [-0.1, -0.05) is 18.2 Å². The largest absolute Gasteiger partial charge is 0.461 e. The first kappa shape index (κ1) is 13.0. The molecular formula is C12H12FN3O3. The average molecular weight is 265 g/mol. The molecule has 0 bridgehead atoms. The van der Waals surface area contributed by atoms with Crippen LogP contribution in [0.2, 0.25) is 0 Å². The van der Waals surface area contributed by atoms with Crippen molar-refractivity contribution in [1.29, 1.82) is 0 Å². The van der Waals surface area contributed by atoms with Crippen LogP contribution in [0.3, 0.4) is 0 Å². The molecule has 0 radical (unpaired) electrons. The van der Waals surface area contributed by atoms with Crippen molar-refractivity contribution in [3.63, 3.8) is 0 Å². The minimum absolute atomic E-state index is 0.0779. The third-order valence-electron chi connectivity index (χ3n) is 2.17. The van der Waals surface area contributed by atoms with Gasteiger partial charge >= 0.3 is 18.3 Å². The zero-order chi connectivity index (χ0) is 13.7. The highest BCUT2D eigenvalue weighted by Gasteiger charge is 2.22. The number of alkyl halides is 1. The molecule has 1 heterocycles. The lowest BCUT2D eigenvalue weighted by atomic mass is 10.3. The third-order valence-corrected chi connectivity index (χ3v) is 2.17. The van der Waals surface area contributed by atoms with Crippen LogP contribution in [0.1, 0.15) is 6.92 Å². The molecule has 100 valence electrons. The molecule has 1 aromatic heterocycles. The van der Waals surface area contributed by atoms with E-state index in [9.17, 15) is 9.18 Å². The van der Waals surface area contributed by atoms with E-state index in [1.165, 1.54) is 11.0 Å². The molecule has 0 fully saturated rings. The maximum atomic E-state index is 13.3. The van der Waals surface area contributed by atoms with Crippen LogP contribution >= 0.6 is 0 Å². The molecule has 6 nitrogen and oxygen atoms in total. The lowest BCUT2D eigenvalue weighted by Crippen LogP contribution is -2.25. The van der Waals surface area contributed by atoms with E-state index in [0.29, 0.717) is 0 Å². The van der Waals surface area contributed by atoms with Crippen molar-refractivity contribution in [1.82, 2.24) is 14.8 Å². The molecule has 1 aromatic carbocycles. The van der Waals surface area contributed by atoms with Crippen LogP contribution in [0, 0.1) is 0 Å². The Labute approximate surface area is 108 Å². The van der Waals surface area contributed by atoms with Gasteiger partial charge in [-0.25, -0.2) is 9.48 Å². The number of para-hydroxylation sites is 1. The highest BCUT2D eigenvalue weighted by Crippen LogP contribution is 2.10. The van der Waals surface area contributed by atoms with E-state index in [4.69, 9.17) is 0 Å². The molecule has 0 N–H and O–H groups in total. The van der Waals surface area contributed by atoms with E-state index in [1.807, 2.05) is 18.2 Å². The number of carbonyl (C=O) groups is 1. The quantitative estimate of drug-likeness (QED) is 0.766. The highest BCUT2D eigenvalue weighted by atomic mass is 19.1. The minimum Gasteiger partial charge on any atom is -0.461 e. The number of aromatic nitrogens is 3. The predicted molar refractivity (Wildman–Crippen MR) is 63.5 cm³/mol. The van der Waals surface area contributed by atoms with Crippen molar-refractivity contribution in [2.75, 3.05) is 6.61 Å². The minimum atomic E-state index is -2.23. The van der Waals surface area contributed by atoms with E-state index >= 15 is 0 Å². The van der Waals surface area contributed by atoms with Gasteiger partial charge in [0.05, 0.1) is 12.3 Å². The van der Waals surface area contributed by atoms with Gasteiger partial charge in [-0.3, -0.25) is 0 Å². The van der Waals surface area contributed by atoms with Crippen LogP contribution in [-0.4, -0.2) is 33.7 Å². The van der Waals surface area contributed by atoms with Crippen molar-refractivity contribution in [3.05, 3.63) is 36.7 Å². The van der Waals surface area contributed by atoms with Crippen LogP contribution in [-0.2, 0) is 9.53 Å². The number of carbonyl (C=O) groups excluding carboxylic acids is 1. The highest BCUT2D eigenvalue weighted by molar-refractivity contribution is 5.73. The molecule has 19 heavy (non-hydrogen) atoms. The van der Waals surface area contributed by atoms with Gasteiger partial charge in [0.15, 0.2) is 0 Å². The summed E-state index contributed by atoms with van der Waals surface area (Å²) in [7, 11) is 0. The van der Waals surface area contributed by atoms with Crippen LogP contribution in [0.25, 0.3) is 5.69 Å². The Kier molecular flexibility index (Phi) is 4.07. The summed E-state index contributed by atoms with van der Waals surface area (Å²) in [5.41, 5.74) is 0.747. The van der Waals surface area contributed by atoms with E-state index < -0.39 is 12.3 Å². The SMILES string of the molecule is CCOC(=O)C(F)Oc1ncn(-c2ccccc2)n1. The lowest BCUT2D eigenvalue weighted by Gasteiger charge is -2.06. The number of hydrogen-bond acceptors (Lipinski definition) is 5. The standard InChI is InChI=1S/C12H12FN3O3/c1-2-18-11(17)10(13)19-12-14-8-16(15-12)9-6-4-3-5-7-9/h3-8,10H,2H2,1H3. The van der Waals surface area contributed by atoms with E-state index in [1.54, 1.807) is 19.1 Å². The predicted octanol–water partition coefficient (Wildman–Crippen LogP) is 1.50. The second kappa shape index (κ2) is 5.94. The molecule has 0 saturated carbocycles. The number of esters is 1. The Morgan fingerprint density at radius 3 is 2.84 bits per heavy atom. The number of halogens is 1. The Balaban J connectivity index is 2.04. The summed E-state index contributed by atoms with van der Waals surface area (Å²) in [5, 5.41) is 3.90. The summed E-state index contributed by atoms with van der Waals surface area (Å²) in [6, 6.07) is 8.88. The fourth-order valence-corrected chi connectivity index (χ4v) is 1.36. The first-order valence-electron chi connectivity index (χ1n) is 5.65. The Morgan fingerprint density at radius 2 is 2.16 bits per heavy atom. The summed E-state index contributed by atoms with van der Waals surface area (Å²) in [4.78, 5) is 14.8. The maximum absolute atomic E-state index is 13.3. The average Bonchev–Trinajstić information content (AvgIpc) is 2.88. The number of hydrogen-bond donors (Lipinski definition) is 0. The van der Waals surface area contributed by atoms with Crippen LogP contribution in [0.4, 0.5) is 4.39 Å². The zero-order valence-corrected chi connectivity index (χ0v) is 10.2. The first-order valence-corrected chi connectivity index (χ1v) is 5.65. The third kappa shape index (κ3) is 3.27. The molecule has 1 atom stereocenters. The number of nitrogens with zero attached hydrogens (tertiary/aromatic N) is 3. The van der Waals surface area contributed by atoms with Gasteiger partial charge in [0.1, 0.15) is 6.33 Å². The Hall–Kier alpha value is -2.44. The molecule has 1 unspecified atom stereocenters. The summed E-state index contributed by atoms with van der Waals surface area (Å²) in [6.45, 7) is 1.65. The topological polar surface area (TPSA) is 66.2 Å². The monoisotopic (exact) mass is 265 g/mol. The molecule has 2 rings (SSSR count). The van der Waals surface area contributed by atoms with Gasteiger partial charge in [0.25, 0.3) is 0 Å². The molecule has 0 spiro atoms. The van der Waals surface area contributed by atoms with E-state index in [0.717, 1.165) is 5.69 Å². The van der Waals surface area contributed by atoms with Crippen molar-refractivity contribution in [2.24, 2.45) is 0 Å². The first-order chi connectivity index (χ1) is 9.20. The summed E-state index contributed by atoms with van der Waals surface area (Å²) >= 11 is 0. The van der Waals surface area contributed by atoms with Gasteiger partial charge < -0.3 is 9.47 Å². The van der Waals surface area contributed by atoms with Gasteiger partial charge in [0, 0.05) is 0 Å². The molecule has 0 aliphatic heterocycles. The Morgan fingerprint density at radius 1 is 1.42 bits per heavy atom. The summed E-state index contributed by atoms with van der Waals surface area (Å²) in [5.74, 6) is -1.10. The van der Waals surface area contributed by atoms with Crippen molar-refractivity contribution in [2.45, 2.75) is 13.3 Å². The van der Waals surface area contributed by atoms with Crippen LogP contribution in [0.15, 0.2) is 36.7 Å². The fourth-order valence-electron chi connectivity index (χ4n) is 1.36.